The van der Waals surface area contributed by atoms with E-state index in [1.54, 1.807) is 0 Å². The van der Waals surface area contributed by atoms with Crippen LogP contribution in [0.3, 0.4) is 0 Å². The molecule has 18 heavy (non-hydrogen) atoms. The van der Waals surface area contributed by atoms with Crippen molar-refractivity contribution in [2.75, 3.05) is 19.7 Å². The fourth-order valence-corrected chi connectivity index (χ4v) is 2.45. The Balaban J connectivity index is 1.78. The van der Waals surface area contributed by atoms with Crippen molar-refractivity contribution >= 4 is 0 Å². The maximum Gasteiger partial charge on any atom is 0.0703 e. The average molecular weight is 247 g/mol. The summed E-state index contributed by atoms with van der Waals surface area (Å²) in [5.74, 6) is 0.734. The lowest BCUT2D eigenvalue weighted by molar-refractivity contribution is 0.0238. The Bertz CT molecular complexity index is 339. The highest BCUT2D eigenvalue weighted by molar-refractivity contribution is 5.23. The summed E-state index contributed by atoms with van der Waals surface area (Å²) in [4.78, 5) is 0. The summed E-state index contributed by atoms with van der Waals surface area (Å²) in [6, 6.07) is 9.09. The summed E-state index contributed by atoms with van der Waals surface area (Å²) >= 11 is 0. The maximum absolute atomic E-state index is 5.71. The zero-order chi connectivity index (χ0) is 12.8. The smallest absolute Gasteiger partial charge is 0.0703 e. The fraction of sp³-hybridized carbons (Fsp3) is 0.625. The second kappa shape index (κ2) is 6.91. The first kappa shape index (κ1) is 13.6. The van der Waals surface area contributed by atoms with Crippen molar-refractivity contribution in [3.05, 3.63) is 35.4 Å². The van der Waals surface area contributed by atoms with Crippen LogP contribution in [-0.2, 0) is 17.6 Å². The molecule has 0 aromatic heterocycles. The molecule has 0 aliphatic carbocycles. The summed E-state index contributed by atoms with van der Waals surface area (Å²) in [5.41, 5.74) is 2.88. The first-order valence-corrected chi connectivity index (χ1v) is 7.14. The van der Waals surface area contributed by atoms with Crippen LogP contribution in [0.2, 0.25) is 0 Å². The first-order valence-electron chi connectivity index (χ1n) is 7.14. The number of hydrogen-bond donors (Lipinski definition) is 1. The summed E-state index contributed by atoms with van der Waals surface area (Å²) in [6.07, 6.45) is 3.81. The molecule has 1 aromatic carbocycles. The summed E-state index contributed by atoms with van der Waals surface area (Å²) in [5, 5.41) is 3.38. The molecular weight excluding hydrogens is 222 g/mol. The summed E-state index contributed by atoms with van der Waals surface area (Å²) < 4.78 is 5.71. The molecule has 1 heterocycles. The number of hydrogen-bond acceptors (Lipinski definition) is 2. The van der Waals surface area contributed by atoms with Crippen molar-refractivity contribution in [2.45, 2.75) is 39.2 Å². The lowest BCUT2D eigenvalue weighted by atomic mass is 9.99. The largest absolute Gasteiger partial charge is 0.376 e. The molecule has 1 aromatic rings. The average Bonchev–Trinajstić information content (AvgIpc) is 2.38. The summed E-state index contributed by atoms with van der Waals surface area (Å²) in [6.45, 7) is 7.40. The van der Waals surface area contributed by atoms with Gasteiger partial charge in [-0.2, -0.15) is 0 Å². The monoisotopic (exact) mass is 247 g/mol. The molecule has 0 bridgehead atoms. The van der Waals surface area contributed by atoms with E-state index < -0.39 is 0 Å². The van der Waals surface area contributed by atoms with Gasteiger partial charge in [0.15, 0.2) is 0 Å². The molecule has 0 radical (unpaired) electrons. The summed E-state index contributed by atoms with van der Waals surface area (Å²) in [7, 11) is 0. The Morgan fingerprint density at radius 2 is 1.94 bits per heavy atom. The van der Waals surface area contributed by atoms with Gasteiger partial charge in [-0.15, -0.1) is 0 Å². The topological polar surface area (TPSA) is 21.3 Å². The van der Waals surface area contributed by atoms with E-state index in [4.69, 9.17) is 4.74 Å². The number of morpholine rings is 1. The molecule has 1 fully saturated rings. The molecule has 100 valence electrons. The molecule has 0 saturated carbocycles. The first-order chi connectivity index (χ1) is 8.74. The molecular formula is C16H25NO. The van der Waals surface area contributed by atoms with Gasteiger partial charge in [-0.3, -0.25) is 0 Å². The predicted octanol–water partition coefficient (Wildman–Crippen LogP) is 2.81. The van der Waals surface area contributed by atoms with Gasteiger partial charge in [0.25, 0.3) is 0 Å². The molecule has 1 atom stereocenters. The quantitative estimate of drug-likeness (QED) is 0.864. The zero-order valence-electron chi connectivity index (χ0n) is 11.6. The van der Waals surface area contributed by atoms with E-state index in [9.17, 15) is 0 Å². The maximum atomic E-state index is 5.71. The Hall–Kier alpha value is -0.860. The van der Waals surface area contributed by atoms with Crippen LogP contribution in [-0.4, -0.2) is 25.8 Å². The molecule has 1 aliphatic heterocycles. The third-order valence-corrected chi connectivity index (χ3v) is 3.43. The van der Waals surface area contributed by atoms with Crippen molar-refractivity contribution in [2.24, 2.45) is 5.92 Å². The second-order valence-corrected chi connectivity index (χ2v) is 5.65. The minimum Gasteiger partial charge on any atom is -0.376 e. The van der Waals surface area contributed by atoms with Gasteiger partial charge < -0.3 is 10.1 Å². The van der Waals surface area contributed by atoms with Crippen LogP contribution in [0.4, 0.5) is 0 Å². The molecule has 1 saturated heterocycles. The third kappa shape index (κ3) is 4.43. The van der Waals surface area contributed by atoms with Crippen LogP contribution in [0, 0.1) is 5.92 Å². The SMILES string of the molecule is CC(C)Cc1ccc(CCC2CNCCO2)cc1. The normalized spacial score (nSPS) is 20.3. The zero-order valence-corrected chi connectivity index (χ0v) is 11.6. The fourth-order valence-electron chi connectivity index (χ4n) is 2.45. The number of aryl methyl sites for hydroxylation is 1. The van der Waals surface area contributed by atoms with Crippen molar-refractivity contribution < 1.29 is 4.74 Å². The minimum absolute atomic E-state index is 0.397. The van der Waals surface area contributed by atoms with Gasteiger partial charge >= 0.3 is 0 Å². The van der Waals surface area contributed by atoms with E-state index >= 15 is 0 Å². The van der Waals surface area contributed by atoms with Gasteiger partial charge in [0.1, 0.15) is 0 Å². The van der Waals surface area contributed by atoms with Crippen LogP contribution < -0.4 is 5.32 Å². The van der Waals surface area contributed by atoms with E-state index in [0.29, 0.717) is 6.10 Å². The number of rotatable bonds is 5. The Morgan fingerprint density at radius 3 is 2.56 bits per heavy atom. The number of benzene rings is 1. The second-order valence-electron chi connectivity index (χ2n) is 5.65. The minimum atomic E-state index is 0.397. The lowest BCUT2D eigenvalue weighted by Crippen LogP contribution is -2.38. The van der Waals surface area contributed by atoms with E-state index in [-0.39, 0.29) is 0 Å². The number of ether oxygens (including phenoxy) is 1. The van der Waals surface area contributed by atoms with Gasteiger partial charge in [0.2, 0.25) is 0 Å². The lowest BCUT2D eigenvalue weighted by Gasteiger charge is -2.23. The molecule has 2 nitrogen and oxygen atoms in total. The molecule has 1 N–H and O–H groups in total. The number of nitrogens with one attached hydrogen (secondary N) is 1. The van der Waals surface area contributed by atoms with Crippen molar-refractivity contribution in [1.82, 2.24) is 5.32 Å². The van der Waals surface area contributed by atoms with Crippen molar-refractivity contribution in [3.63, 3.8) is 0 Å². The van der Waals surface area contributed by atoms with E-state index in [1.165, 1.54) is 17.5 Å². The van der Waals surface area contributed by atoms with Gasteiger partial charge in [-0.05, 0) is 36.3 Å². The van der Waals surface area contributed by atoms with Crippen molar-refractivity contribution in [3.8, 4) is 0 Å². The molecule has 1 aliphatic rings. The highest BCUT2D eigenvalue weighted by Gasteiger charge is 2.12. The van der Waals surface area contributed by atoms with E-state index in [0.717, 1.165) is 38.5 Å². The Labute approximate surface area is 111 Å². The van der Waals surface area contributed by atoms with Gasteiger partial charge in [-0.25, -0.2) is 0 Å². The van der Waals surface area contributed by atoms with Crippen LogP contribution in [0.15, 0.2) is 24.3 Å². The highest BCUT2D eigenvalue weighted by atomic mass is 16.5. The molecule has 2 rings (SSSR count). The molecule has 0 spiro atoms. The standard InChI is InChI=1S/C16H25NO/c1-13(2)11-15-5-3-14(4-6-15)7-8-16-12-17-9-10-18-16/h3-6,13,16-17H,7-12H2,1-2H3. The van der Waals surface area contributed by atoms with Crippen molar-refractivity contribution in [1.29, 1.82) is 0 Å². The van der Waals surface area contributed by atoms with E-state index in [2.05, 4.69) is 43.4 Å². The van der Waals surface area contributed by atoms with Crippen LogP contribution in [0.1, 0.15) is 31.4 Å². The Kier molecular flexibility index (Phi) is 5.21. The van der Waals surface area contributed by atoms with Crippen LogP contribution in [0.5, 0.6) is 0 Å². The van der Waals surface area contributed by atoms with Gasteiger partial charge in [0, 0.05) is 13.1 Å². The molecule has 2 heteroatoms. The van der Waals surface area contributed by atoms with Crippen LogP contribution >= 0.6 is 0 Å². The Morgan fingerprint density at radius 1 is 1.22 bits per heavy atom. The third-order valence-electron chi connectivity index (χ3n) is 3.43. The van der Waals surface area contributed by atoms with Gasteiger partial charge in [-0.1, -0.05) is 38.1 Å². The molecule has 1 unspecified atom stereocenters. The van der Waals surface area contributed by atoms with Crippen LogP contribution in [0.25, 0.3) is 0 Å². The predicted molar refractivity (Wildman–Crippen MR) is 75.9 cm³/mol. The molecule has 0 amide bonds. The van der Waals surface area contributed by atoms with E-state index in [1.807, 2.05) is 0 Å². The van der Waals surface area contributed by atoms with Gasteiger partial charge in [0.05, 0.1) is 12.7 Å². The highest BCUT2D eigenvalue weighted by Crippen LogP contribution is 2.13.